The summed E-state index contributed by atoms with van der Waals surface area (Å²) in [4.78, 5) is 15.9. The van der Waals surface area contributed by atoms with E-state index in [0.717, 1.165) is 23.3 Å². The number of para-hydroxylation sites is 1. The van der Waals surface area contributed by atoms with Crippen LogP contribution in [-0.4, -0.2) is 21.5 Å². The van der Waals surface area contributed by atoms with Gasteiger partial charge in [-0.05, 0) is 25.5 Å². The number of amides is 1. The molecule has 2 unspecified atom stereocenters. The lowest BCUT2D eigenvalue weighted by atomic mass is 10.2. The first-order chi connectivity index (χ1) is 9.56. The Labute approximate surface area is 127 Å². The van der Waals surface area contributed by atoms with E-state index in [1.807, 2.05) is 29.7 Å². The van der Waals surface area contributed by atoms with Gasteiger partial charge in [0.05, 0.1) is 21.4 Å². The van der Waals surface area contributed by atoms with Gasteiger partial charge < -0.3 is 9.88 Å². The standard InChI is InChI=1S/C14H15Cl2N3O/c1-8(15)14-18-11-4-2-3-10(16)13(11)19(14)7-9-5-6-12(20)17-9/h2-4,8-9H,5-7H2,1H3,(H,17,20). The molecule has 20 heavy (non-hydrogen) atoms. The molecular weight excluding hydrogens is 297 g/mol. The molecule has 2 atom stereocenters. The Balaban J connectivity index is 2.06. The number of halogens is 2. The van der Waals surface area contributed by atoms with Crippen LogP contribution in [0, 0.1) is 0 Å². The lowest BCUT2D eigenvalue weighted by Gasteiger charge is -2.16. The van der Waals surface area contributed by atoms with E-state index in [1.54, 1.807) is 0 Å². The van der Waals surface area contributed by atoms with E-state index in [9.17, 15) is 4.79 Å². The van der Waals surface area contributed by atoms with Crippen molar-refractivity contribution in [1.82, 2.24) is 14.9 Å². The Morgan fingerprint density at radius 2 is 2.35 bits per heavy atom. The molecular formula is C14H15Cl2N3O. The third kappa shape index (κ3) is 2.38. The number of alkyl halides is 1. The van der Waals surface area contributed by atoms with Crippen LogP contribution in [0.1, 0.15) is 31.0 Å². The number of aromatic nitrogens is 2. The minimum absolute atomic E-state index is 0.103. The van der Waals surface area contributed by atoms with E-state index in [-0.39, 0.29) is 17.3 Å². The van der Waals surface area contributed by atoms with Gasteiger partial charge in [-0.25, -0.2) is 4.98 Å². The van der Waals surface area contributed by atoms with Gasteiger partial charge in [0.25, 0.3) is 0 Å². The fraction of sp³-hybridized carbons (Fsp3) is 0.429. The van der Waals surface area contributed by atoms with Gasteiger partial charge >= 0.3 is 0 Å². The number of carbonyl (C=O) groups is 1. The number of hydrogen-bond acceptors (Lipinski definition) is 2. The summed E-state index contributed by atoms with van der Waals surface area (Å²) in [7, 11) is 0. The summed E-state index contributed by atoms with van der Waals surface area (Å²) in [6.45, 7) is 2.54. The van der Waals surface area contributed by atoms with Crippen LogP contribution >= 0.6 is 23.2 Å². The Hall–Kier alpha value is -1.26. The van der Waals surface area contributed by atoms with Crippen LogP contribution in [0.4, 0.5) is 0 Å². The smallest absolute Gasteiger partial charge is 0.220 e. The average Bonchev–Trinajstić information content (AvgIpc) is 2.95. The van der Waals surface area contributed by atoms with Crippen LogP contribution in [0.15, 0.2) is 18.2 Å². The number of nitrogens with zero attached hydrogens (tertiary/aromatic N) is 2. The summed E-state index contributed by atoms with van der Waals surface area (Å²) >= 11 is 12.5. The summed E-state index contributed by atoms with van der Waals surface area (Å²) in [6, 6.07) is 5.76. The van der Waals surface area contributed by atoms with E-state index in [0.29, 0.717) is 18.0 Å². The van der Waals surface area contributed by atoms with Gasteiger partial charge in [-0.3, -0.25) is 4.79 Å². The topological polar surface area (TPSA) is 46.9 Å². The summed E-state index contributed by atoms with van der Waals surface area (Å²) in [5.74, 6) is 0.891. The first-order valence-corrected chi connectivity index (χ1v) is 7.46. The Morgan fingerprint density at radius 1 is 1.55 bits per heavy atom. The summed E-state index contributed by atoms with van der Waals surface area (Å²) in [5.41, 5.74) is 1.72. The second kappa shape index (κ2) is 5.26. The first kappa shape index (κ1) is 13.7. The van der Waals surface area contributed by atoms with Crippen molar-refractivity contribution >= 4 is 40.1 Å². The van der Waals surface area contributed by atoms with Crippen molar-refractivity contribution in [3.05, 3.63) is 29.0 Å². The molecule has 1 fully saturated rings. The Bertz CT molecular complexity index is 666. The number of nitrogens with one attached hydrogen (secondary N) is 1. The minimum Gasteiger partial charge on any atom is -0.352 e. The van der Waals surface area contributed by atoms with Gasteiger partial charge in [0, 0.05) is 19.0 Å². The molecule has 1 saturated heterocycles. The van der Waals surface area contributed by atoms with Crippen LogP contribution in [0.25, 0.3) is 11.0 Å². The maximum Gasteiger partial charge on any atom is 0.220 e. The quantitative estimate of drug-likeness (QED) is 0.884. The lowest BCUT2D eigenvalue weighted by Crippen LogP contribution is -2.30. The molecule has 2 aromatic rings. The first-order valence-electron chi connectivity index (χ1n) is 6.64. The summed E-state index contributed by atoms with van der Waals surface area (Å²) in [5, 5.41) is 3.41. The molecule has 1 aromatic heterocycles. The van der Waals surface area contributed by atoms with Crippen LogP contribution in [-0.2, 0) is 11.3 Å². The van der Waals surface area contributed by atoms with Crippen LogP contribution < -0.4 is 5.32 Å². The maximum atomic E-state index is 11.3. The highest BCUT2D eigenvalue weighted by Gasteiger charge is 2.24. The van der Waals surface area contributed by atoms with E-state index in [1.165, 1.54) is 0 Å². The number of benzene rings is 1. The van der Waals surface area contributed by atoms with E-state index >= 15 is 0 Å². The molecule has 3 rings (SSSR count). The van der Waals surface area contributed by atoms with Crippen molar-refractivity contribution < 1.29 is 4.79 Å². The monoisotopic (exact) mass is 311 g/mol. The predicted molar refractivity (Wildman–Crippen MR) is 80.2 cm³/mol. The highest BCUT2D eigenvalue weighted by molar-refractivity contribution is 6.35. The number of carbonyl (C=O) groups excluding carboxylic acids is 1. The number of rotatable bonds is 3. The maximum absolute atomic E-state index is 11.3. The second-order valence-electron chi connectivity index (χ2n) is 5.11. The van der Waals surface area contributed by atoms with E-state index in [2.05, 4.69) is 10.3 Å². The number of imidazole rings is 1. The minimum atomic E-state index is -0.212. The molecule has 0 bridgehead atoms. The van der Waals surface area contributed by atoms with Crippen molar-refractivity contribution in [2.75, 3.05) is 0 Å². The van der Waals surface area contributed by atoms with Gasteiger partial charge in [-0.2, -0.15) is 0 Å². The highest BCUT2D eigenvalue weighted by atomic mass is 35.5. The molecule has 6 heteroatoms. The fourth-order valence-corrected chi connectivity index (χ4v) is 3.12. The van der Waals surface area contributed by atoms with Crippen molar-refractivity contribution in [2.45, 2.75) is 37.7 Å². The van der Waals surface area contributed by atoms with Gasteiger partial charge in [0.15, 0.2) is 0 Å². The molecule has 0 aliphatic carbocycles. The molecule has 1 aliphatic heterocycles. The third-order valence-corrected chi connectivity index (χ3v) is 4.09. The number of fused-ring (bicyclic) bond motifs is 1. The van der Waals surface area contributed by atoms with Gasteiger partial charge in [-0.1, -0.05) is 17.7 Å². The van der Waals surface area contributed by atoms with Crippen molar-refractivity contribution in [3.8, 4) is 0 Å². The zero-order chi connectivity index (χ0) is 14.3. The van der Waals surface area contributed by atoms with Crippen LogP contribution in [0.5, 0.6) is 0 Å². The fourth-order valence-electron chi connectivity index (χ4n) is 2.68. The second-order valence-corrected chi connectivity index (χ2v) is 6.17. The molecule has 4 nitrogen and oxygen atoms in total. The van der Waals surface area contributed by atoms with E-state index in [4.69, 9.17) is 23.2 Å². The molecule has 1 aliphatic rings. The van der Waals surface area contributed by atoms with Crippen molar-refractivity contribution in [2.24, 2.45) is 0 Å². The summed E-state index contributed by atoms with van der Waals surface area (Å²) in [6.07, 6.45) is 1.41. The van der Waals surface area contributed by atoms with Crippen molar-refractivity contribution in [3.63, 3.8) is 0 Å². The Kier molecular flexibility index (Phi) is 3.61. The lowest BCUT2D eigenvalue weighted by molar-refractivity contribution is -0.119. The van der Waals surface area contributed by atoms with Gasteiger partial charge in [-0.15, -0.1) is 11.6 Å². The number of hydrogen-bond donors (Lipinski definition) is 1. The van der Waals surface area contributed by atoms with E-state index < -0.39 is 0 Å². The zero-order valence-electron chi connectivity index (χ0n) is 11.1. The molecule has 2 heterocycles. The molecule has 0 saturated carbocycles. The predicted octanol–water partition coefficient (Wildman–Crippen LogP) is 3.27. The summed E-state index contributed by atoms with van der Waals surface area (Å²) < 4.78 is 2.03. The van der Waals surface area contributed by atoms with Crippen LogP contribution in [0.3, 0.4) is 0 Å². The Morgan fingerprint density at radius 3 is 3.00 bits per heavy atom. The molecule has 1 aromatic carbocycles. The molecule has 0 spiro atoms. The average molecular weight is 312 g/mol. The molecule has 0 radical (unpaired) electrons. The third-order valence-electron chi connectivity index (χ3n) is 3.59. The highest BCUT2D eigenvalue weighted by Crippen LogP contribution is 2.30. The zero-order valence-corrected chi connectivity index (χ0v) is 12.6. The van der Waals surface area contributed by atoms with Crippen LogP contribution in [0.2, 0.25) is 5.02 Å². The molecule has 1 amide bonds. The molecule has 1 N–H and O–H groups in total. The largest absolute Gasteiger partial charge is 0.352 e. The SMILES string of the molecule is CC(Cl)c1nc2cccc(Cl)c2n1CC1CCC(=O)N1. The molecule has 106 valence electrons. The van der Waals surface area contributed by atoms with Crippen molar-refractivity contribution in [1.29, 1.82) is 0 Å². The van der Waals surface area contributed by atoms with Gasteiger partial charge in [0.2, 0.25) is 5.91 Å². The normalized spacial score (nSPS) is 20.4. The van der Waals surface area contributed by atoms with Gasteiger partial charge in [0.1, 0.15) is 5.82 Å².